The van der Waals surface area contributed by atoms with Crippen molar-refractivity contribution in [3.63, 3.8) is 0 Å². The lowest BCUT2D eigenvalue weighted by Gasteiger charge is -2.02. The fraction of sp³-hybridized carbons (Fsp3) is 0.667. The maximum Gasteiger partial charge on any atom is 0.146 e. The van der Waals surface area contributed by atoms with Crippen LogP contribution in [-0.4, -0.2) is 28.7 Å². The Bertz CT molecular complexity index is 355. The minimum absolute atomic E-state index is 0.296. The van der Waals surface area contributed by atoms with E-state index in [2.05, 4.69) is 10.4 Å². The summed E-state index contributed by atoms with van der Waals surface area (Å²) in [6.07, 6.45) is 7.87. The van der Waals surface area contributed by atoms with Gasteiger partial charge in [0.1, 0.15) is 5.78 Å². The second-order valence-corrected chi connectivity index (χ2v) is 4.64. The number of Topliss-reactive ketones (excluding diaryl/α,β-unsaturated/α-hetero) is 1. The van der Waals surface area contributed by atoms with E-state index in [4.69, 9.17) is 0 Å². The van der Waals surface area contributed by atoms with Gasteiger partial charge in [-0.25, -0.2) is 0 Å². The standard InChI is InChI=1S/C12H19N3O/c1-15-9-11(7-14-15)4-5-12(16)8-13-6-10-2-3-10/h7,9-10,13H,2-6,8H2,1H3. The summed E-state index contributed by atoms with van der Waals surface area (Å²) in [5.41, 5.74) is 1.14. The van der Waals surface area contributed by atoms with Crippen LogP contribution in [0.5, 0.6) is 0 Å². The van der Waals surface area contributed by atoms with Gasteiger partial charge in [-0.15, -0.1) is 0 Å². The third kappa shape index (κ3) is 3.77. The summed E-state index contributed by atoms with van der Waals surface area (Å²) < 4.78 is 1.77. The van der Waals surface area contributed by atoms with E-state index in [1.165, 1.54) is 12.8 Å². The lowest BCUT2D eigenvalue weighted by atomic mass is 10.1. The number of carbonyl (C=O) groups excluding carboxylic acids is 1. The van der Waals surface area contributed by atoms with Crippen molar-refractivity contribution in [1.82, 2.24) is 15.1 Å². The third-order valence-corrected chi connectivity index (χ3v) is 2.90. The molecule has 1 heterocycles. The van der Waals surface area contributed by atoms with E-state index in [1.807, 2.05) is 19.4 Å². The van der Waals surface area contributed by atoms with Crippen molar-refractivity contribution in [1.29, 1.82) is 0 Å². The maximum absolute atomic E-state index is 11.5. The zero-order valence-corrected chi connectivity index (χ0v) is 9.78. The van der Waals surface area contributed by atoms with Crippen molar-refractivity contribution in [2.45, 2.75) is 25.7 Å². The maximum atomic E-state index is 11.5. The topological polar surface area (TPSA) is 46.9 Å². The molecule has 1 saturated carbocycles. The molecule has 0 spiro atoms. The number of hydrogen-bond donors (Lipinski definition) is 1. The van der Waals surface area contributed by atoms with E-state index in [1.54, 1.807) is 4.68 Å². The van der Waals surface area contributed by atoms with Crippen molar-refractivity contribution < 1.29 is 4.79 Å². The number of rotatable bonds is 7. The van der Waals surface area contributed by atoms with Crippen molar-refractivity contribution in [2.75, 3.05) is 13.1 Å². The Morgan fingerprint density at radius 3 is 3.06 bits per heavy atom. The highest BCUT2D eigenvalue weighted by Crippen LogP contribution is 2.27. The smallest absolute Gasteiger partial charge is 0.146 e. The number of aromatic nitrogens is 2. The molecule has 2 rings (SSSR count). The van der Waals surface area contributed by atoms with Crippen molar-refractivity contribution in [3.8, 4) is 0 Å². The van der Waals surface area contributed by atoms with Crippen LogP contribution in [0.2, 0.25) is 0 Å². The molecule has 0 amide bonds. The Hall–Kier alpha value is -1.16. The van der Waals surface area contributed by atoms with Gasteiger partial charge in [0.15, 0.2) is 0 Å². The normalized spacial score (nSPS) is 15.3. The van der Waals surface area contributed by atoms with Gasteiger partial charge < -0.3 is 5.32 Å². The Kier molecular flexibility index (Phi) is 3.72. The van der Waals surface area contributed by atoms with E-state index >= 15 is 0 Å². The minimum Gasteiger partial charge on any atom is -0.310 e. The molecule has 1 N–H and O–H groups in total. The summed E-state index contributed by atoms with van der Waals surface area (Å²) in [7, 11) is 1.89. The van der Waals surface area contributed by atoms with Crippen LogP contribution in [0.1, 0.15) is 24.8 Å². The quantitative estimate of drug-likeness (QED) is 0.745. The van der Waals surface area contributed by atoms with Gasteiger partial charge in [0, 0.05) is 19.7 Å². The van der Waals surface area contributed by atoms with Crippen LogP contribution in [0.25, 0.3) is 0 Å². The predicted octanol–water partition coefficient (Wildman–Crippen LogP) is 0.921. The van der Waals surface area contributed by atoms with Gasteiger partial charge in [-0.05, 0) is 37.3 Å². The second-order valence-electron chi connectivity index (χ2n) is 4.64. The Morgan fingerprint density at radius 1 is 1.62 bits per heavy atom. The fourth-order valence-electron chi connectivity index (χ4n) is 1.71. The fourth-order valence-corrected chi connectivity index (χ4v) is 1.71. The Labute approximate surface area is 96.0 Å². The summed E-state index contributed by atoms with van der Waals surface area (Å²) in [6, 6.07) is 0. The van der Waals surface area contributed by atoms with Gasteiger partial charge >= 0.3 is 0 Å². The predicted molar refractivity (Wildman–Crippen MR) is 62.1 cm³/mol. The molecule has 0 bridgehead atoms. The van der Waals surface area contributed by atoms with Crippen LogP contribution in [0, 0.1) is 5.92 Å². The summed E-state index contributed by atoms with van der Waals surface area (Å²) in [5.74, 6) is 1.13. The number of carbonyl (C=O) groups is 1. The molecular weight excluding hydrogens is 202 g/mol. The molecule has 4 heteroatoms. The first-order chi connectivity index (χ1) is 7.74. The number of nitrogens with zero attached hydrogens (tertiary/aromatic N) is 2. The summed E-state index contributed by atoms with van der Waals surface area (Å²) >= 11 is 0. The van der Waals surface area contributed by atoms with Gasteiger partial charge in [-0.1, -0.05) is 0 Å². The average Bonchev–Trinajstić information content (AvgIpc) is 2.98. The molecule has 0 radical (unpaired) electrons. The molecule has 4 nitrogen and oxygen atoms in total. The van der Waals surface area contributed by atoms with Gasteiger partial charge in [0.2, 0.25) is 0 Å². The molecule has 16 heavy (non-hydrogen) atoms. The van der Waals surface area contributed by atoms with E-state index < -0.39 is 0 Å². The zero-order chi connectivity index (χ0) is 11.4. The SMILES string of the molecule is Cn1cc(CCC(=O)CNCC2CC2)cn1. The first-order valence-corrected chi connectivity index (χ1v) is 5.94. The molecule has 0 aliphatic heterocycles. The lowest BCUT2D eigenvalue weighted by molar-refractivity contribution is -0.118. The molecule has 0 saturated heterocycles. The van der Waals surface area contributed by atoms with Crippen LogP contribution < -0.4 is 5.32 Å². The van der Waals surface area contributed by atoms with Crippen LogP contribution in [0.15, 0.2) is 12.4 Å². The molecule has 1 aromatic rings. The van der Waals surface area contributed by atoms with E-state index in [-0.39, 0.29) is 0 Å². The van der Waals surface area contributed by atoms with Crippen LogP contribution >= 0.6 is 0 Å². The van der Waals surface area contributed by atoms with Gasteiger partial charge in [-0.3, -0.25) is 9.48 Å². The number of aryl methyl sites for hydroxylation is 2. The Morgan fingerprint density at radius 2 is 2.44 bits per heavy atom. The van der Waals surface area contributed by atoms with Crippen molar-refractivity contribution in [2.24, 2.45) is 13.0 Å². The lowest BCUT2D eigenvalue weighted by Crippen LogP contribution is -2.25. The zero-order valence-electron chi connectivity index (χ0n) is 9.78. The van der Waals surface area contributed by atoms with Crippen LogP contribution in [-0.2, 0) is 18.3 Å². The van der Waals surface area contributed by atoms with E-state index in [0.29, 0.717) is 18.7 Å². The molecular formula is C12H19N3O. The van der Waals surface area contributed by atoms with Crippen molar-refractivity contribution in [3.05, 3.63) is 18.0 Å². The first kappa shape index (κ1) is 11.3. The number of nitrogens with one attached hydrogen (secondary N) is 1. The first-order valence-electron chi connectivity index (χ1n) is 5.94. The molecule has 1 aromatic heterocycles. The Balaban J connectivity index is 1.59. The highest BCUT2D eigenvalue weighted by atomic mass is 16.1. The average molecular weight is 221 g/mol. The largest absolute Gasteiger partial charge is 0.310 e. The van der Waals surface area contributed by atoms with Crippen LogP contribution in [0.3, 0.4) is 0 Å². The molecule has 1 fully saturated rings. The highest BCUT2D eigenvalue weighted by molar-refractivity contribution is 5.80. The molecule has 0 aromatic carbocycles. The molecule has 1 aliphatic rings. The summed E-state index contributed by atoms with van der Waals surface area (Å²) in [5, 5.41) is 7.30. The highest BCUT2D eigenvalue weighted by Gasteiger charge is 2.20. The summed E-state index contributed by atoms with van der Waals surface area (Å²) in [4.78, 5) is 11.5. The minimum atomic E-state index is 0.296. The number of ketones is 1. The third-order valence-electron chi connectivity index (χ3n) is 2.90. The molecule has 1 aliphatic carbocycles. The van der Waals surface area contributed by atoms with Gasteiger partial charge in [0.05, 0.1) is 12.7 Å². The monoisotopic (exact) mass is 221 g/mol. The van der Waals surface area contributed by atoms with E-state index in [0.717, 1.165) is 24.4 Å². The molecule has 0 atom stereocenters. The molecule has 0 unspecified atom stereocenters. The van der Waals surface area contributed by atoms with Crippen LogP contribution in [0.4, 0.5) is 0 Å². The van der Waals surface area contributed by atoms with Gasteiger partial charge in [-0.2, -0.15) is 5.10 Å². The number of hydrogen-bond acceptors (Lipinski definition) is 3. The van der Waals surface area contributed by atoms with E-state index in [9.17, 15) is 4.79 Å². The molecule has 88 valence electrons. The van der Waals surface area contributed by atoms with Crippen molar-refractivity contribution >= 4 is 5.78 Å². The summed E-state index contributed by atoms with van der Waals surface area (Å²) in [6.45, 7) is 1.54. The second kappa shape index (κ2) is 5.25. The van der Waals surface area contributed by atoms with Gasteiger partial charge in [0.25, 0.3) is 0 Å².